The molecule has 0 aromatic heterocycles. The summed E-state index contributed by atoms with van der Waals surface area (Å²) in [7, 11) is 1.68. The van der Waals surface area contributed by atoms with Crippen molar-refractivity contribution in [3.05, 3.63) is 54.1 Å². The second-order valence-electron chi connectivity index (χ2n) is 9.10. The molecule has 1 unspecified atom stereocenters. The van der Waals surface area contributed by atoms with E-state index < -0.39 is 0 Å². The van der Waals surface area contributed by atoms with Gasteiger partial charge in [-0.2, -0.15) is 0 Å². The van der Waals surface area contributed by atoms with Crippen molar-refractivity contribution in [1.29, 1.82) is 0 Å². The topological polar surface area (TPSA) is 58.6 Å². The van der Waals surface area contributed by atoms with Gasteiger partial charge in [-0.3, -0.25) is 9.59 Å². The maximum absolute atomic E-state index is 13.1. The van der Waals surface area contributed by atoms with E-state index in [4.69, 9.17) is 4.74 Å². The summed E-state index contributed by atoms with van der Waals surface area (Å²) in [6, 6.07) is 16.1. The molecule has 1 atom stereocenters. The normalized spacial score (nSPS) is 19.8. The molecule has 2 aliphatic rings. The van der Waals surface area contributed by atoms with Crippen molar-refractivity contribution in [3.63, 3.8) is 0 Å². The Morgan fingerprint density at radius 2 is 1.75 bits per heavy atom. The average molecular weight is 435 g/mol. The first-order valence-electron chi connectivity index (χ1n) is 11.9. The molecule has 1 heterocycles. The van der Waals surface area contributed by atoms with Gasteiger partial charge in [-0.05, 0) is 42.4 Å². The molecule has 1 N–H and O–H groups in total. The first kappa shape index (κ1) is 22.4. The standard InChI is InChI=1S/C27H34N2O3/c1-32-25-14-8-7-13-24(25)23-12-6-5-11-21(23)18-22-19-29(16-15-28-27(22)31)26(30)17-20-9-3-2-4-10-20/h5-8,11-14,20,22H,2-4,9-10,15-19H2,1H3,(H,28,31). The van der Waals surface area contributed by atoms with Crippen molar-refractivity contribution in [2.24, 2.45) is 11.8 Å². The Kier molecular flexibility index (Phi) is 7.46. The van der Waals surface area contributed by atoms with Gasteiger partial charge in [0.25, 0.3) is 0 Å². The van der Waals surface area contributed by atoms with Gasteiger partial charge in [0.2, 0.25) is 11.8 Å². The molecular formula is C27H34N2O3. The number of benzene rings is 2. The Hall–Kier alpha value is -2.82. The van der Waals surface area contributed by atoms with Crippen LogP contribution in [0.25, 0.3) is 11.1 Å². The maximum Gasteiger partial charge on any atom is 0.225 e. The lowest BCUT2D eigenvalue weighted by atomic mass is 9.86. The third kappa shape index (κ3) is 5.32. The van der Waals surface area contributed by atoms with Crippen LogP contribution in [0.2, 0.25) is 0 Å². The maximum atomic E-state index is 13.1. The van der Waals surface area contributed by atoms with E-state index in [2.05, 4.69) is 17.4 Å². The highest BCUT2D eigenvalue weighted by Crippen LogP contribution is 2.33. The summed E-state index contributed by atoms with van der Waals surface area (Å²) in [4.78, 5) is 27.9. The molecule has 170 valence electrons. The van der Waals surface area contributed by atoms with Crippen LogP contribution in [0.3, 0.4) is 0 Å². The van der Waals surface area contributed by atoms with Crippen molar-refractivity contribution >= 4 is 11.8 Å². The van der Waals surface area contributed by atoms with Gasteiger partial charge in [0.1, 0.15) is 5.75 Å². The van der Waals surface area contributed by atoms with Gasteiger partial charge in [-0.15, -0.1) is 0 Å². The van der Waals surface area contributed by atoms with Gasteiger partial charge in [0.15, 0.2) is 0 Å². The fourth-order valence-corrected chi connectivity index (χ4v) is 5.14. The zero-order chi connectivity index (χ0) is 22.3. The largest absolute Gasteiger partial charge is 0.496 e. The van der Waals surface area contributed by atoms with Crippen LogP contribution in [0.5, 0.6) is 5.75 Å². The summed E-state index contributed by atoms with van der Waals surface area (Å²) in [6.45, 7) is 1.61. The van der Waals surface area contributed by atoms with E-state index in [9.17, 15) is 9.59 Å². The number of ether oxygens (including phenoxy) is 1. The third-order valence-corrected chi connectivity index (χ3v) is 6.91. The molecule has 5 nitrogen and oxygen atoms in total. The minimum Gasteiger partial charge on any atom is -0.496 e. The SMILES string of the molecule is COc1ccccc1-c1ccccc1CC1CN(C(=O)CC2CCCCC2)CCNC1=O. The molecule has 1 saturated heterocycles. The van der Waals surface area contributed by atoms with Crippen LogP contribution in [0, 0.1) is 11.8 Å². The fourth-order valence-electron chi connectivity index (χ4n) is 5.14. The second kappa shape index (κ2) is 10.7. The van der Waals surface area contributed by atoms with E-state index in [0.29, 0.717) is 38.4 Å². The van der Waals surface area contributed by atoms with Crippen LogP contribution < -0.4 is 10.1 Å². The molecule has 1 aliphatic heterocycles. The Balaban J connectivity index is 1.51. The number of rotatable bonds is 6. The number of para-hydroxylation sites is 1. The van der Waals surface area contributed by atoms with Crippen LogP contribution in [0.15, 0.2) is 48.5 Å². The number of amides is 2. The van der Waals surface area contributed by atoms with Gasteiger partial charge in [0.05, 0.1) is 13.0 Å². The van der Waals surface area contributed by atoms with Crippen molar-refractivity contribution in [3.8, 4) is 16.9 Å². The van der Waals surface area contributed by atoms with Gasteiger partial charge < -0.3 is 15.0 Å². The summed E-state index contributed by atoms with van der Waals surface area (Å²) in [5.74, 6) is 1.30. The monoisotopic (exact) mass is 434 g/mol. The van der Waals surface area contributed by atoms with Crippen molar-refractivity contribution < 1.29 is 14.3 Å². The zero-order valence-corrected chi connectivity index (χ0v) is 19.0. The van der Waals surface area contributed by atoms with Crippen LogP contribution in [0.4, 0.5) is 0 Å². The number of carbonyl (C=O) groups excluding carboxylic acids is 2. The summed E-state index contributed by atoms with van der Waals surface area (Å²) in [5.41, 5.74) is 3.19. The van der Waals surface area contributed by atoms with Crippen LogP contribution >= 0.6 is 0 Å². The molecule has 0 spiro atoms. The minimum absolute atomic E-state index is 0.0350. The molecule has 0 bridgehead atoms. The Labute approximate surface area is 191 Å². The highest BCUT2D eigenvalue weighted by molar-refractivity contribution is 5.83. The minimum atomic E-state index is -0.260. The van der Waals surface area contributed by atoms with E-state index in [1.165, 1.54) is 19.3 Å². The molecule has 5 heteroatoms. The van der Waals surface area contributed by atoms with E-state index in [-0.39, 0.29) is 17.7 Å². The summed E-state index contributed by atoms with van der Waals surface area (Å²) in [6.07, 6.45) is 7.30. The Morgan fingerprint density at radius 1 is 1.03 bits per heavy atom. The quantitative estimate of drug-likeness (QED) is 0.731. The van der Waals surface area contributed by atoms with E-state index >= 15 is 0 Å². The van der Waals surface area contributed by atoms with Crippen molar-refractivity contribution in [1.82, 2.24) is 10.2 Å². The Morgan fingerprint density at radius 3 is 2.53 bits per heavy atom. The van der Waals surface area contributed by atoms with Crippen molar-refractivity contribution in [2.75, 3.05) is 26.7 Å². The van der Waals surface area contributed by atoms with Crippen LogP contribution in [0.1, 0.15) is 44.1 Å². The second-order valence-corrected chi connectivity index (χ2v) is 9.10. The van der Waals surface area contributed by atoms with E-state index in [1.54, 1.807) is 7.11 Å². The highest BCUT2D eigenvalue weighted by Gasteiger charge is 2.29. The molecule has 2 aromatic rings. The summed E-state index contributed by atoms with van der Waals surface area (Å²) in [5, 5.41) is 3.03. The number of hydrogen-bond donors (Lipinski definition) is 1. The van der Waals surface area contributed by atoms with Gasteiger partial charge in [-0.25, -0.2) is 0 Å². The molecule has 32 heavy (non-hydrogen) atoms. The number of methoxy groups -OCH3 is 1. The molecule has 2 fully saturated rings. The van der Waals surface area contributed by atoms with E-state index in [1.807, 2.05) is 41.3 Å². The van der Waals surface area contributed by atoms with Crippen LogP contribution in [-0.2, 0) is 16.0 Å². The van der Waals surface area contributed by atoms with Crippen LogP contribution in [-0.4, -0.2) is 43.5 Å². The lowest BCUT2D eigenvalue weighted by Gasteiger charge is -2.27. The summed E-state index contributed by atoms with van der Waals surface area (Å²) >= 11 is 0. The van der Waals surface area contributed by atoms with Crippen molar-refractivity contribution in [2.45, 2.75) is 44.9 Å². The van der Waals surface area contributed by atoms with Gasteiger partial charge in [0, 0.05) is 31.6 Å². The number of nitrogens with one attached hydrogen (secondary N) is 1. The van der Waals surface area contributed by atoms with Gasteiger partial charge >= 0.3 is 0 Å². The molecular weight excluding hydrogens is 400 g/mol. The molecule has 1 saturated carbocycles. The first-order chi connectivity index (χ1) is 15.7. The molecule has 2 aromatic carbocycles. The first-order valence-corrected chi connectivity index (χ1v) is 11.9. The zero-order valence-electron chi connectivity index (χ0n) is 19.0. The molecule has 2 amide bonds. The number of carbonyl (C=O) groups is 2. The lowest BCUT2D eigenvalue weighted by Crippen LogP contribution is -2.38. The fraction of sp³-hybridized carbons (Fsp3) is 0.481. The predicted octanol–water partition coefficient (Wildman–Crippen LogP) is 4.45. The molecule has 0 radical (unpaired) electrons. The summed E-state index contributed by atoms with van der Waals surface area (Å²) < 4.78 is 5.57. The number of hydrogen-bond acceptors (Lipinski definition) is 3. The Bertz CT molecular complexity index is 936. The molecule has 1 aliphatic carbocycles. The molecule has 4 rings (SSSR count). The third-order valence-electron chi connectivity index (χ3n) is 6.91. The lowest BCUT2D eigenvalue weighted by molar-refractivity contribution is -0.133. The number of nitrogens with zero attached hydrogens (tertiary/aromatic N) is 1. The average Bonchev–Trinajstić information content (AvgIpc) is 3.01. The predicted molar refractivity (Wildman–Crippen MR) is 126 cm³/mol. The highest BCUT2D eigenvalue weighted by atomic mass is 16.5. The smallest absolute Gasteiger partial charge is 0.225 e. The van der Waals surface area contributed by atoms with E-state index in [0.717, 1.165) is 35.3 Å². The van der Waals surface area contributed by atoms with Gasteiger partial charge in [-0.1, -0.05) is 61.7 Å².